The monoisotopic (exact) mass is 594 g/mol. The smallest absolute Gasteiger partial charge is 0.318 e. The zero-order valence-electron chi connectivity index (χ0n) is 24.1. The molecule has 11 heteroatoms. The maximum absolute atomic E-state index is 13.4. The molecule has 0 aliphatic heterocycles. The molecule has 0 bridgehead atoms. The molecule has 0 aromatic heterocycles. The maximum atomic E-state index is 13.4. The highest BCUT2D eigenvalue weighted by atomic mass is 32.2. The van der Waals surface area contributed by atoms with Gasteiger partial charge in [-0.2, -0.15) is 0 Å². The van der Waals surface area contributed by atoms with E-state index in [1.54, 1.807) is 12.2 Å². The Balaban J connectivity index is 1.35. The van der Waals surface area contributed by atoms with Gasteiger partial charge in [0, 0.05) is 23.2 Å². The average molecular weight is 595 g/mol. The minimum Gasteiger partial charge on any atom is -0.480 e. The molecule has 0 saturated heterocycles. The van der Waals surface area contributed by atoms with Crippen molar-refractivity contribution in [2.24, 2.45) is 28.6 Å². The van der Waals surface area contributed by atoms with Crippen molar-refractivity contribution in [2.75, 3.05) is 18.1 Å². The molecule has 4 rings (SSSR count). The van der Waals surface area contributed by atoms with Gasteiger partial charge in [-0.25, -0.2) is 8.42 Å². The third kappa shape index (κ3) is 5.69. The second-order valence-electron chi connectivity index (χ2n) is 12.9. The van der Waals surface area contributed by atoms with E-state index < -0.39 is 62.5 Å². The normalized spacial score (nSPS) is 36.4. The number of carboxylic acids is 1. The third-order valence-electron chi connectivity index (χ3n) is 10.7. The summed E-state index contributed by atoms with van der Waals surface area (Å²) in [6.45, 7) is 5.32. The Labute approximate surface area is 241 Å². The number of sulfone groups is 1. The number of aliphatic hydroxyl groups is 2. The summed E-state index contributed by atoms with van der Waals surface area (Å²) in [5.41, 5.74) is -1.09. The Morgan fingerprint density at radius 1 is 1.10 bits per heavy atom. The molecule has 41 heavy (non-hydrogen) atoms. The number of allylic oxidation sites excluding steroid dienone is 4. The molecule has 3 saturated carbocycles. The van der Waals surface area contributed by atoms with Crippen molar-refractivity contribution in [3.05, 3.63) is 23.3 Å². The maximum Gasteiger partial charge on any atom is 0.318 e. The molecule has 0 aromatic rings. The van der Waals surface area contributed by atoms with Crippen LogP contribution >= 0.6 is 0 Å². The van der Waals surface area contributed by atoms with Crippen molar-refractivity contribution in [3.63, 3.8) is 0 Å². The standard InChI is InChI=1S/C30H42O10S/c1-18-13-20(31)14-19-8-9-21-22-10-11-30(37,28(22,2)15-23(32)27(21)29(18,19)3)24(33)16-40-26(36)7-5-4-6-12-41(38,39)17-25(34)35/h13-14,21-23,27,32,37H,4-12,15-17H2,1-3H3,(H,34,35)/t21-,22-,23?,27+,28-,29-,30-/m0/s1. The van der Waals surface area contributed by atoms with E-state index in [0.29, 0.717) is 19.3 Å². The lowest BCUT2D eigenvalue weighted by molar-refractivity contribution is -0.181. The molecule has 3 N–H and O–H groups in total. The Kier molecular flexibility index (Phi) is 8.76. The van der Waals surface area contributed by atoms with Crippen LogP contribution in [0, 0.1) is 28.6 Å². The van der Waals surface area contributed by atoms with Crippen LogP contribution < -0.4 is 0 Å². The van der Waals surface area contributed by atoms with Crippen LogP contribution in [-0.4, -0.2) is 77.1 Å². The molecule has 228 valence electrons. The van der Waals surface area contributed by atoms with Gasteiger partial charge in [-0.3, -0.25) is 19.2 Å². The molecule has 10 nitrogen and oxygen atoms in total. The third-order valence-corrected chi connectivity index (χ3v) is 12.3. The van der Waals surface area contributed by atoms with E-state index in [2.05, 4.69) is 6.92 Å². The molecule has 4 aliphatic rings. The van der Waals surface area contributed by atoms with E-state index in [1.165, 1.54) is 0 Å². The van der Waals surface area contributed by atoms with E-state index in [0.717, 1.165) is 24.0 Å². The van der Waals surface area contributed by atoms with Gasteiger partial charge in [0.25, 0.3) is 0 Å². The molecule has 4 aliphatic carbocycles. The van der Waals surface area contributed by atoms with Gasteiger partial charge in [0.15, 0.2) is 22.2 Å². The van der Waals surface area contributed by atoms with E-state index in [-0.39, 0.29) is 55.0 Å². The quantitative estimate of drug-likeness (QED) is 0.238. The second kappa shape index (κ2) is 11.4. The summed E-state index contributed by atoms with van der Waals surface area (Å²) in [5.74, 6) is -3.92. The molecule has 0 spiro atoms. The largest absolute Gasteiger partial charge is 0.480 e. The highest BCUT2D eigenvalue weighted by Gasteiger charge is 2.68. The number of Topliss-reactive ketones (excluding diaryl/α,β-unsaturated/α-hetero) is 1. The molecule has 0 amide bonds. The average Bonchev–Trinajstić information content (AvgIpc) is 3.13. The molecule has 7 atom stereocenters. The van der Waals surface area contributed by atoms with Gasteiger partial charge in [0.1, 0.15) is 11.4 Å². The summed E-state index contributed by atoms with van der Waals surface area (Å²) in [7, 11) is -3.69. The van der Waals surface area contributed by atoms with Gasteiger partial charge in [-0.05, 0) is 75.9 Å². The van der Waals surface area contributed by atoms with Gasteiger partial charge < -0.3 is 20.1 Å². The zero-order valence-corrected chi connectivity index (χ0v) is 24.9. The number of esters is 1. The van der Waals surface area contributed by atoms with Crippen molar-refractivity contribution in [1.29, 1.82) is 0 Å². The van der Waals surface area contributed by atoms with Crippen LogP contribution in [0.5, 0.6) is 0 Å². The summed E-state index contributed by atoms with van der Waals surface area (Å²) >= 11 is 0. The van der Waals surface area contributed by atoms with Crippen molar-refractivity contribution in [3.8, 4) is 0 Å². The van der Waals surface area contributed by atoms with Crippen molar-refractivity contribution in [1.82, 2.24) is 0 Å². The van der Waals surface area contributed by atoms with Gasteiger partial charge in [-0.15, -0.1) is 0 Å². The highest BCUT2D eigenvalue weighted by Crippen LogP contribution is 2.68. The lowest BCUT2D eigenvalue weighted by atomic mass is 9.45. The number of hydrogen-bond donors (Lipinski definition) is 3. The number of aliphatic carboxylic acids is 1. The van der Waals surface area contributed by atoms with Crippen LogP contribution in [0.4, 0.5) is 0 Å². The number of ketones is 2. The predicted molar refractivity (Wildman–Crippen MR) is 148 cm³/mol. The molecule has 0 heterocycles. The molecule has 0 radical (unpaired) electrons. The Morgan fingerprint density at radius 2 is 1.80 bits per heavy atom. The topological polar surface area (TPSA) is 172 Å². The number of unbranched alkanes of at least 4 members (excludes halogenated alkanes) is 2. The minimum absolute atomic E-state index is 0.0123. The Bertz CT molecular complexity index is 1280. The fourth-order valence-corrected chi connectivity index (χ4v) is 9.67. The second-order valence-corrected chi connectivity index (χ2v) is 15.1. The first-order valence-corrected chi connectivity index (χ1v) is 16.3. The van der Waals surface area contributed by atoms with E-state index >= 15 is 0 Å². The SMILES string of the molecule is CC1=CC(=O)C=C2CC[C@@H]3[C@H](C(O)C[C@@]4(C)[C@H]3CC[C@]4(O)C(=O)COC(=O)CCCCCS(=O)(=O)CC(=O)O)[C@@]12C. The van der Waals surface area contributed by atoms with Crippen LogP contribution in [0.1, 0.15) is 78.6 Å². The summed E-state index contributed by atoms with van der Waals surface area (Å²) in [4.78, 5) is 48.4. The molecular weight excluding hydrogens is 552 g/mol. The van der Waals surface area contributed by atoms with Crippen LogP contribution in [-0.2, 0) is 33.8 Å². The number of fused-ring (bicyclic) bond motifs is 5. The Hall–Kier alpha value is -2.37. The zero-order chi connectivity index (χ0) is 30.4. The molecular formula is C30H42O10S. The van der Waals surface area contributed by atoms with Gasteiger partial charge in [0.05, 0.1) is 11.9 Å². The van der Waals surface area contributed by atoms with Crippen molar-refractivity contribution < 1.29 is 47.7 Å². The first kappa shape index (κ1) is 31.6. The minimum atomic E-state index is -3.69. The summed E-state index contributed by atoms with van der Waals surface area (Å²) < 4.78 is 28.5. The van der Waals surface area contributed by atoms with Crippen LogP contribution in [0.25, 0.3) is 0 Å². The number of aliphatic hydroxyl groups excluding tert-OH is 1. The van der Waals surface area contributed by atoms with E-state index in [9.17, 15) is 37.8 Å². The van der Waals surface area contributed by atoms with Crippen LogP contribution in [0.15, 0.2) is 23.3 Å². The van der Waals surface area contributed by atoms with Gasteiger partial charge in [-0.1, -0.05) is 31.4 Å². The number of rotatable bonds is 11. The summed E-state index contributed by atoms with van der Waals surface area (Å²) in [6.07, 6.45) is 6.00. The summed E-state index contributed by atoms with van der Waals surface area (Å²) in [5, 5.41) is 32.0. The number of carboxylic acid groups (broad SMARTS) is 1. The first-order valence-electron chi connectivity index (χ1n) is 14.5. The lowest BCUT2D eigenvalue weighted by Gasteiger charge is -2.60. The summed E-state index contributed by atoms with van der Waals surface area (Å²) in [6, 6.07) is 0. The molecule has 1 unspecified atom stereocenters. The lowest BCUT2D eigenvalue weighted by Crippen LogP contribution is -2.62. The van der Waals surface area contributed by atoms with Gasteiger partial charge >= 0.3 is 11.9 Å². The Morgan fingerprint density at radius 3 is 2.49 bits per heavy atom. The fourth-order valence-electron chi connectivity index (χ4n) is 8.51. The van der Waals surface area contributed by atoms with Crippen molar-refractivity contribution >= 4 is 33.3 Å². The van der Waals surface area contributed by atoms with Gasteiger partial charge in [0.2, 0.25) is 5.78 Å². The highest BCUT2D eigenvalue weighted by molar-refractivity contribution is 7.92. The molecule has 3 fully saturated rings. The van der Waals surface area contributed by atoms with Crippen molar-refractivity contribution in [2.45, 2.75) is 90.3 Å². The van der Waals surface area contributed by atoms with Crippen LogP contribution in [0.3, 0.4) is 0 Å². The number of carbonyl (C=O) groups is 4. The fraction of sp³-hybridized carbons (Fsp3) is 0.733. The first-order chi connectivity index (χ1) is 19.0. The van der Waals surface area contributed by atoms with Crippen LogP contribution in [0.2, 0.25) is 0 Å². The number of carbonyl (C=O) groups excluding carboxylic acids is 3. The number of hydrogen-bond acceptors (Lipinski definition) is 9. The van der Waals surface area contributed by atoms with E-state index in [4.69, 9.17) is 9.84 Å². The number of ether oxygens (including phenoxy) is 1. The predicted octanol–water partition coefficient (Wildman–Crippen LogP) is 2.56. The molecule has 0 aromatic carbocycles. The van der Waals surface area contributed by atoms with E-state index in [1.807, 2.05) is 13.8 Å².